The number of aliphatic hydroxyl groups excluding tert-OH is 1. The molecule has 2 aromatic heterocycles. The molecule has 0 fully saturated rings. The van der Waals surface area contributed by atoms with Crippen molar-refractivity contribution in [2.24, 2.45) is 12.5 Å². The fourth-order valence-electron chi connectivity index (χ4n) is 1.85. The van der Waals surface area contributed by atoms with Crippen LogP contribution in [0, 0.1) is 5.41 Å². The number of nitrogens with zero attached hydrogens (tertiary/aromatic N) is 4. The number of rotatable bonds is 3. The van der Waals surface area contributed by atoms with E-state index in [9.17, 15) is 5.11 Å². The van der Waals surface area contributed by atoms with Gasteiger partial charge in [0.1, 0.15) is 16.7 Å². The molecule has 0 unspecified atom stereocenters. The van der Waals surface area contributed by atoms with Crippen molar-refractivity contribution in [2.75, 3.05) is 11.9 Å². The van der Waals surface area contributed by atoms with Crippen molar-refractivity contribution in [3.8, 4) is 0 Å². The fourth-order valence-corrected chi connectivity index (χ4v) is 2.45. The zero-order valence-electron chi connectivity index (χ0n) is 11.5. The Morgan fingerprint density at radius 3 is 2.68 bits per heavy atom. The van der Waals surface area contributed by atoms with Crippen LogP contribution in [0.2, 0.25) is 0 Å². The van der Waals surface area contributed by atoms with Gasteiger partial charge in [0, 0.05) is 7.05 Å². The van der Waals surface area contributed by atoms with Crippen LogP contribution in [0.25, 0.3) is 11.0 Å². The summed E-state index contributed by atoms with van der Waals surface area (Å²) >= 11 is 3.42. The van der Waals surface area contributed by atoms with E-state index in [2.05, 4.69) is 57.1 Å². The van der Waals surface area contributed by atoms with E-state index in [1.165, 1.54) is 6.33 Å². The Kier molecular flexibility index (Phi) is 3.78. The van der Waals surface area contributed by atoms with Crippen molar-refractivity contribution in [1.82, 2.24) is 19.7 Å². The third-order valence-electron chi connectivity index (χ3n) is 3.12. The summed E-state index contributed by atoms with van der Waals surface area (Å²) in [5, 5.41) is 17.9. The van der Waals surface area contributed by atoms with Crippen LogP contribution < -0.4 is 5.32 Å². The minimum atomic E-state index is -0.0993. The van der Waals surface area contributed by atoms with E-state index in [1.807, 2.05) is 7.05 Å². The summed E-state index contributed by atoms with van der Waals surface area (Å²) in [6, 6.07) is -0.0993. The van der Waals surface area contributed by atoms with Gasteiger partial charge in [0.2, 0.25) is 0 Å². The number of hydrogen-bond donors (Lipinski definition) is 2. The molecule has 2 rings (SSSR count). The maximum Gasteiger partial charge on any atom is 0.164 e. The fraction of sp³-hybridized carbons (Fsp3) is 0.583. The van der Waals surface area contributed by atoms with Crippen molar-refractivity contribution in [1.29, 1.82) is 0 Å². The molecule has 2 N–H and O–H groups in total. The summed E-state index contributed by atoms with van der Waals surface area (Å²) in [6.45, 7) is 6.24. The average Bonchev–Trinajstić information content (AvgIpc) is 2.61. The highest BCUT2D eigenvalue weighted by atomic mass is 79.9. The second-order valence-corrected chi connectivity index (χ2v) is 6.33. The molecule has 2 aromatic rings. The Hall–Kier alpha value is -1.21. The first-order chi connectivity index (χ1) is 8.84. The zero-order chi connectivity index (χ0) is 14.2. The first kappa shape index (κ1) is 14.2. The van der Waals surface area contributed by atoms with Crippen LogP contribution in [0.15, 0.2) is 10.9 Å². The summed E-state index contributed by atoms with van der Waals surface area (Å²) in [7, 11) is 1.83. The molecule has 0 saturated carbocycles. The van der Waals surface area contributed by atoms with Crippen molar-refractivity contribution < 1.29 is 5.11 Å². The minimum Gasteiger partial charge on any atom is -0.394 e. The smallest absolute Gasteiger partial charge is 0.164 e. The number of aliphatic hydroxyl groups is 1. The zero-order valence-corrected chi connectivity index (χ0v) is 13.1. The van der Waals surface area contributed by atoms with Gasteiger partial charge >= 0.3 is 0 Å². The standard InChI is InChI=1S/C12H18BrN5O/c1-12(2,3)7(5-19)16-10-8-9(13)17-18(4)11(8)15-6-14-10/h6-7,19H,5H2,1-4H3,(H,14,15,16)/t7-/m1/s1. The van der Waals surface area contributed by atoms with Gasteiger partial charge in [0.15, 0.2) is 5.65 Å². The van der Waals surface area contributed by atoms with Gasteiger partial charge < -0.3 is 10.4 Å². The van der Waals surface area contributed by atoms with Crippen molar-refractivity contribution in [3.05, 3.63) is 10.9 Å². The molecule has 0 aliphatic rings. The molecular weight excluding hydrogens is 310 g/mol. The molecule has 2 heterocycles. The Morgan fingerprint density at radius 2 is 2.11 bits per heavy atom. The van der Waals surface area contributed by atoms with Crippen LogP contribution in [-0.2, 0) is 7.05 Å². The average molecular weight is 328 g/mol. The Labute approximate surface area is 120 Å². The lowest BCUT2D eigenvalue weighted by Gasteiger charge is -2.30. The molecule has 19 heavy (non-hydrogen) atoms. The predicted octanol–water partition coefficient (Wildman–Crippen LogP) is 1.94. The highest BCUT2D eigenvalue weighted by Crippen LogP contribution is 2.29. The van der Waals surface area contributed by atoms with Crippen LogP contribution in [0.1, 0.15) is 20.8 Å². The van der Waals surface area contributed by atoms with E-state index in [1.54, 1.807) is 4.68 Å². The van der Waals surface area contributed by atoms with E-state index in [0.29, 0.717) is 10.4 Å². The third kappa shape index (κ3) is 2.71. The van der Waals surface area contributed by atoms with Gasteiger partial charge in [0.05, 0.1) is 18.0 Å². The van der Waals surface area contributed by atoms with Crippen molar-refractivity contribution in [3.63, 3.8) is 0 Å². The van der Waals surface area contributed by atoms with Gasteiger partial charge in [0.25, 0.3) is 0 Å². The summed E-state index contributed by atoms with van der Waals surface area (Å²) in [5.41, 5.74) is 0.663. The highest BCUT2D eigenvalue weighted by molar-refractivity contribution is 9.10. The summed E-state index contributed by atoms with van der Waals surface area (Å²) in [5.74, 6) is 0.680. The van der Waals surface area contributed by atoms with E-state index in [-0.39, 0.29) is 18.1 Å². The predicted molar refractivity (Wildman–Crippen MR) is 78.0 cm³/mol. The molecule has 7 heteroatoms. The molecule has 0 saturated heterocycles. The molecule has 6 nitrogen and oxygen atoms in total. The monoisotopic (exact) mass is 327 g/mol. The van der Waals surface area contributed by atoms with Gasteiger partial charge in [-0.1, -0.05) is 20.8 Å². The highest BCUT2D eigenvalue weighted by Gasteiger charge is 2.25. The third-order valence-corrected chi connectivity index (χ3v) is 3.67. The molecule has 0 spiro atoms. The summed E-state index contributed by atoms with van der Waals surface area (Å²) in [4.78, 5) is 8.48. The van der Waals surface area contributed by atoms with Crippen LogP contribution in [0.3, 0.4) is 0 Å². The summed E-state index contributed by atoms with van der Waals surface area (Å²) in [6.07, 6.45) is 1.50. The van der Waals surface area contributed by atoms with E-state index in [4.69, 9.17) is 0 Å². The van der Waals surface area contributed by atoms with Gasteiger partial charge in [-0.25, -0.2) is 14.6 Å². The number of nitrogens with one attached hydrogen (secondary N) is 1. The van der Waals surface area contributed by atoms with Gasteiger partial charge in [-0.15, -0.1) is 0 Å². The molecule has 0 bridgehead atoms. The van der Waals surface area contributed by atoms with Gasteiger partial charge in [-0.05, 0) is 21.3 Å². The molecule has 1 atom stereocenters. The van der Waals surface area contributed by atoms with Crippen molar-refractivity contribution in [2.45, 2.75) is 26.8 Å². The molecule has 0 aromatic carbocycles. The first-order valence-corrected chi connectivity index (χ1v) is 6.84. The molecule has 0 aliphatic heterocycles. The Balaban J connectivity index is 2.46. The van der Waals surface area contributed by atoms with Crippen LogP contribution in [-0.4, -0.2) is 37.5 Å². The lowest BCUT2D eigenvalue weighted by Crippen LogP contribution is -2.37. The van der Waals surface area contributed by atoms with Gasteiger partial charge in [-0.2, -0.15) is 5.10 Å². The molecule has 0 aliphatic carbocycles. The number of hydrogen-bond acceptors (Lipinski definition) is 5. The number of aromatic nitrogens is 4. The van der Waals surface area contributed by atoms with Crippen LogP contribution in [0.4, 0.5) is 5.82 Å². The molecule has 104 valence electrons. The van der Waals surface area contributed by atoms with E-state index in [0.717, 1.165) is 11.0 Å². The Morgan fingerprint density at radius 1 is 1.42 bits per heavy atom. The lowest BCUT2D eigenvalue weighted by molar-refractivity contribution is 0.201. The van der Waals surface area contributed by atoms with Crippen molar-refractivity contribution >= 4 is 32.8 Å². The van der Waals surface area contributed by atoms with Crippen LogP contribution in [0.5, 0.6) is 0 Å². The van der Waals surface area contributed by atoms with Crippen LogP contribution >= 0.6 is 15.9 Å². The van der Waals surface area contributed by atoms with E-state index < -0.39 is 0 Å². The topological polar surface area (TPSA) is 75.9 Å². The SMILES string of the molecule is Cn1nc(Br)c2c(N[C@H](CO)C(C)(C)C)ncnc21. The minimum absolute atomic E-state index is 0.0346. The number of aryl methyl sites for hydroxylation is 1. The lowest BCUT2D eigenvalue weighted by atomic mass is 9.87. The maximum atomic E-state index is 9.53. The quantitative estimate of drug-likeness (QED) is 0.901. The molecule has 0 radical (unpaired) electrons. The number of fused-ring (bicyclic) bond motifs is 1. The molecule has 0 amide bonds. The maximum absolute atomic E-state index is 9.53. The Bertz CT molecular complexity index is 590. The van der Waals surface area contributed by atoms with E-state index >= 15 is 0 Å². The molecular formula is C12H18BrN5O. The number of anilines is 1. The second-order valence-electron chi connectivity index (χ2n) is 5.58. The normalized spacial score (nSPS) is 13.8. The summed E-state index contributed by atoms with van der Waals surface area (Å²) < 4.78 is 2.39. The van der Waals surface area contributed by atoms with Gasteiger partial charge in [-0.3, -0.25) is 0 Å². The largest absolute Gasteiger partial charge is 0.394 e. The number of halogens is 1. The second kappa shape index (κ2) is 5.05. The first-order valence-electron chi connectivity index (χ1n) is 6.05.